The summed E-state index contributed by atoms with van der Waals surface area (Å²) >= 11 is 7.38. The van der Waals surface area contributed by atoms with E-state index in [1.807, 2.05) is 6.07 Å². The number of carbonyl (C=O) groups excluding carboxylic acids is 3. The molecule has 1 aromatic carbocycles. The molecule has 4 rings (SSSR count). The van der Waals surface area contributed by atoms with Gasteiger partial charge in [-0.05, 0) is 68.0 Å². The molecular weight excluding hydrogens is 410 g/mol. The van der Waals surface area contributed by atoms with E-state index in [0.29, 0.717) is 28.6 Å². The fourth-order valence-electron chi connectivity index (χ4n) is 3.85. The number of anilines is 1. The Morgan fingerprint density at radius 1 is 1.07 bits per heavy atom. The van der Waals surface area contributed by atoms with Crippen LogP contribution in [-0.4, -0.2) is 24.3 Å². The van der Waals surface area contributed by atoms with E-state index in [2.05, 4.69) is 10.9 Å². The minimum Gasteiger partial charge on any atom is -0.312 e. The van der Waals surface area contributed by atoms with Crippen molar-refractivity contribution in [2.24, 2.45) is 5.92 Å². The van der Waals surface area contributed by atoms with E-state index in [0.717, 1.165) is 25.7 Å². The zero-order valence-corrected chi connectivity index (χ0v) is 17.4. The number of nitrogens with zero attached hydrogens (tertiary/aromatic N) is 1. The average Bonchev–Trinajstić information content (AvgIpc) is 3.23. The van der Waals surface area contributed by atoms with Crippen LogP contribution < -0.4 is 15.8 Å². The van der Waals surface area contributed by atoms with Gasteiger partial charge in [-0.25, -0.2) is 0 Å². The maximum Gasteiger partial charge on any atom is 0.279 e. The molecule has 2 aromatic rings. The summed E-state index contributed by atoms with van der Waals surface area (Å²) in [5.41, 5.74) is 6.84. The van der Waals surface area contributed by atoms with Gasteiger partial charge in [0, 0.05) is 22.1 Å². The summed E-state index contributed by atoms with van der Waals surface area (Å²) in [7, 11) is 0. The molecule has 29 heavy (non-hydrogen) atoms. The molecule has 2 N–H and O–H groups in total. The van der Waals surface area contributed by atoms with Crippen molar-refractivity contribution in [3.8, 4) is 0 Å². The van der Waals surface area contributed by atoms with Crippen LogP contribution in [-0.2, 0) is 22.4 Å². The van der Waals surface area contributed by atoms with Gasteiger partial charge in [0.25, 0.3) is 11.8 Å². The molecule has 1 saturated heterocycles. The van der Waals surface area contributed by atoms with Crippen LogP contribution in [0.4, 0.5) is 5.69 Å². The van der Waals surface area contributed by atoms with Gasteiger partial charge in [-0.1, -0.05) is 18.0 Å². The summed E-state index contributed by atoms with van der Waals surface area (Å²) in [6, 6.07) is 8.85. The van der Waals surface area contributed by atoms with E-state index in [1.54, 1.807) is 29.2 Å². The number of hydrazine groups is 1. The Morgan fingerprint density at radius 2 is 1.83 bits per heavy atom. The molecule has 0 saturated carbocycles. The lowest BCUT2D eigenvalue weighted by molar-refractivity contribution is -0.132. The lowest BCUT2D eigenvalue weighted by Crippen LogP contribution is -2.46. The predicted octanol–water partition coefficient (Wildman–Crippen LogP) is 3.48. The number of amides is 3. The van der Waals surface area contributed by atoms with Gasteiger partial charge in [0.05, 0.1) is 4.88 Å². The second-order valence-electron chi connectivity index (χ2n) is 7.37. The first-order valence-electron chi connectivity index (χ1n) is 9.81. The van der Waals surface area contributed by atoms with E-state index >= 15 is 0 Å². The molecule has 0 radical (unpaired) electrons. The van der Waals surface area contributed by atoms with Gasteiger partial charge in [-0.2, -0.15) is 0 Å². The fourth-order valence-corrected chi connectivity index (χ4v) is 5.12. The van der Waals surface area contributed by atoms with Crippen LogP contribution in [0.25, 0.3) is 0 Å². The van der Waals surface area contributed by atoms with Crippen molar-refractivity contribution < 1.29 is 14.4 Å². The van der Waals surface area contributed by atoms with Crippen molar-refractivity contribution in [2.45, 2.75) is 38.5 Å². The van der Waals surface area contributed by atoms with Crippen LogP contribution in [0.1, 0.15) is 45.8 Å². The number of rotatable bonds is 3. The molecule has 1 aromatic heterocycles. The Labute approximate surface area is 178 Å². The van der Waals surface area contributed by atoms with E-state index < -0.39 is 11.8 Å². The van der Waals surface area contributed by atoms with E-state index in [9.17, 15) is 14.4 Å². The van der Waals surface area contributed by atoms with E-state index in [-0.39, 0.29) is 11.8 Å². The third kappa shape index (κ3) is 4.31. The van der Waals surface area contributed by atoms with Crippen LogP contribution in [0.5, 0.6) is 0 Å². The number of benzene rings is 1. The highest BCUT2D eigenvalue weighted by atomic mass is 35.5. The SMILES string of the molecule is O=C(NNC(=O)C1CCN(c2ccc(Cl)cc2)C1=O)c1cc2c(s1)CCCCC2. The van der Waals surface area contributed by atoms with Crippen LogP contribution in [0.3, 0.4) is 0 Å². The maximum absolute atomic E-state index is 12.6. The first-order valence-corrected chi connectivity index (χ1v) is 11.0. The quantitative estimate of drug-likeness (QED) is 0.443. The van der Waals surface area contributed by atoms with Gasteiger partial charge in [0.1, 0.15) is 5.92 Å². The minimum absolute atomic E-state index is 0.276. The normalized spacial score (nSPS) is 18.9. The third-order valence-electron chi connectivity index (χ3n) is 5.43. The first kappa shape index (κ1) is 19.9. The van der Waals surface area contributed by atoms with E-state index in [4.69, 9.17) is 11.6 Å². The highest BCUT2D eigenvalue weighted by molar-refractivity contribution is 7.14. The van der Waals surface area contributed by atoms with Crippen molar-refractivity contribution in [1.82, 2.24) is 10.9 Å². The topological polar surface area (TPSA) is 78.5 Å². The van der Waals surface area contributed by atoms with Crippen LogP contribution in [0.15, 0.2) is 30.3 Å². The number of nitrogens with one attached hydrogen (secondary N) is 2. The average molecular weight is 432 g/mol. The molecule has 0 bridgehead atoms. The molecule has 1 fully saturated rings. The molecule has 2 heterocycles. The second kappa shape index (κ2) is 8.55. The first-order chi connectivity index (χ1) is 14.0. The molecule has 8 heteroatoms. The van der Waals surface area contributed by atoms with Crippen molar-refractivity contribution in [2.75, 3.05) is 11.4 Å². The fraction of sp³-hybridized carbons (Fsp3) is 0.381. The summed E-state index contributed by atoms with van der Waals surface area (Å²) in [6.07, 6.45) is 5.94. The van der Waals surface area contributed by atoms with Crippen LogP contribution >= 0.6 is 22.9 Å². The van der Waals surface area contributed by atoms with Crippen molar-refractivity contribution >= 4 is 46.3 Å². The second-order valence-corrected chi connectivity index (χ2v) is 8.94. The summed E-state index contributed by atoms with van der Waals surface area (Å²) in [4.78, 5) is 41.0. The smallest absolute Gasteiger partial charge is 0.279 e. The molecule has 2 aliphatic rings. The number of aryl methyl sites for hydroxylation is 2. The van der Waals surface area contributed by atoms with Crippen molar-refractivity contribution in [1.29, 1.82) is 0 Å². The molecule has 0 spiro atoms. The summed E-state index contributed by atoms with van der Waals surface area (Å²) < 4.78 is 0. The number of carbonyl (C=O) groups is 3. The number of thiophene rings is 1. The minimum atomic E-state index is -0.814. The molecule has 6 nitrogen and oxygen atoms in total. The molecule has 1 aliphatic carbocycles. The molecule has 1 atom stereocenters. The maximum atomic E-state index is 12.6. The van der Waals surface area contributed by atoms with Crippen LogP contribution in [0.2, 0.25) is 5.02 Å². The van der Waals surface area contributed by atoms with Crippen molar-refractivity contribution in [3.63, 3.8) is 0 Å². The van der Waals surface area contributed by atoms with E-state index in [1.165, 1.54) is 28.2 Å². The zero-order valence-electron chi connectivity index (χ0n) is 15.9. The highest BCUT2D eigenvalue weighted by Crippen LogP contribution is 2.29. The number of halogens is 1. The molecule has 1 aliphatic heterocycles. The molecule has 1 unspecified atom stereocenters. The van der Waals surface area contributed by atoms with Gasteiger partial charge >= 0.3 is 0 Å². The Hall–Kier alpha value is -2.38. The summed E-state index contributed by atoms with van der Waals surface area (Å²) in [6.45, 7) is 0.449. The van der Waals surface area contributed by atoms with Crippen LogP contribution in [0, 0.1) is 5.92 Å². The van der Waals surface area contributed by atoms with Crippen molar-refractivity contribution in [3.05, 3.63) is 50.7 Å². The van der Waals surface area contributed by atoms with Gasteiger partial charge < -0.3 is 4.90 Å². The monoisotopic (exact) mass is 431 g/mol. The molecule has 152 valence electrons. The number of hydrogen-bond acceptors (Lipinski definition) is 4. The predicted molar refractivity (Wildman–Crippen MR) is 113 cm³/mol. The van der Waals surface area contributed by atoms with Gasteiger partial charge in [0.15, 0.2) is 0 Å². The Bertz CT molecular complexity index is 918. The van der Waals surface area contributed by atoms with Gasteiger partial charge in [-0.3, -0.25) is 25.2 Å². The summed E-state index contributed by atoms with van der Waals surface area (Å²) in [5, 5.41) is 0.586. The number of hydrogen-bond donors (Lipinski definition) is 2. The third-order valence-corrected chi connectivity index (χ3v) is 6.92. The number of fused-ring (bicyclic) bond motifs is 1. The molecule has 3 amide bonds. The Kier molecular flexibility index (Phi) is 5.87. The zero-order chi connectivity index (χ0) is 20.4. The lowest BCUT2D eigenvalue weighted by atomic mass is 10.1. The Morgan fingerprint density at radius 3 is 2.62 bits per heavy atom. The lowest BCUT2D eigenvalue weighted by Gasteiger charge is -2.17. The Balaban J connectivity index is 1.34. The highest BCUT2D eigenvalue weighted by Gasteiger charge is 2.37. The standard InChI is InChI=1S/C21H22ClN3O3S/c22-14-6-8-15(9-7-14)25-11-10-16(21(25)28)19(26)23-24-20(27)18-12-13-4-2-1-3-5-17(13)29-18/h6-9,12,16H,1-5,10-11H2,(H,23,26)(H,24,27). The summed E-state index contributed by atoms with van der Waals surface area (Å²) in [5.74, 6) is -1.91. The largest absolute Gasteiger partial charge is 0.312 e. The molecular formula is C21H22ClN3O3S. The van der Waals surface area contributed by atoms with Gasteiger partial charge in [0.2, 0.25) is 5.91 Å². The van der Waals surface area contributed by atoms with Gasteiger partial charge in [-0.15, -0.1) is 11.3 Å².